The summed E-state index contributed by atoms with van der Waals surface area (Å²) in [6.45, 7) is 11.1. The van der Waals surface area contributed by atoms with Crippen molar-refractivity contribution in [2.75, 3.05) is 13.2 Å². The van der Waals surface area contributed by atoms with Gasteiger partial charge < -0.3 is 9.47 Å². The Bertz CT molecular complexity index is 560. The van der Waals surface area contributed by atoms with Crippen molar-refractivity contribution in [3.63, 3.8) is 0 Å². The predicted molar refractivity (Wildman–Crippen MR) is 85.0 cm³/mol. The molecule has 0 aliphatic heterocycles. The molecule has 0 spiro atoms. The fourth-order valence-electron chi connectivity index (χ4n) is 1.91. The lowest BCUT2D eigenvalue weighted by Crippen LogP contribution is -2.22. The number of rotatable bonds is 7. The lowest BCUT2D eigenvalue weighted by atomic mass is 10.2. The molecule has 5 heteroatoms. The number of benzene rings is 1. The number of fused-ring (bicyclic) bond motifs is 1. The Morgan fingerprint density at radius 1 is 1.25 bits per heavy atom. The van der Waals surface area contributed by atoms with E-state index in [4.69, 9.17) is 9.47 Å². The minimum atomic E-state index is -1.02. The molecule has 0 unspecified atom stereocenters. The van der Waals surface area contributed by atoms with Crippen LogP contribution in [0.1, 0.15) is 6.92 Å². The zero-order valence-electron chi connectivity index (χ0n) is 12.8. The Morgan fingerprint density at radius 3 is 2.75 bits per heavy atom. The number of hydrogen-bond acceptors (Lipinski definition) is 3. The van der Waals surface area contributed by atoms with Crippen LogP contribution >= 0.6 is 0 Å². The summed E-state index contributed by atoms with van der Waals surface area (Å²) < 4.78 is 13.1. The van der Waals surface area contributed by atoms with Crippen LogP contribution in [0.4, 0.5) is 0 Å². The van der Waals surface area contributed by atoms with E-state index in [-0.39, 0.29) is 0 Å². The Hall–Kier alpha value is -1.33. The van der Waals surface area contributed by atoms with Gasteiger partial charge in [0.1, 0.15) is 12.5 Å². The molecule has 0 bridgehead atoms. The van der Waals surface area contributed by atoms with E-state index in [1.807, 2.05) is 36.0 Å². The highest BCUT2D eigenvalue weighted by Gasteiger charge is 2.12. The van der Waals surface area contributed by atoms with Gasteiger partial charge in [0, 0.05) is 26.3 Å². The van der Waals surface area contributed by atoms with Crippen LogP contribution < -0.4 is 4.74 Å². The number of aromatic nitrogens is 2. The summed E-state index contributed by atoms with van der Waals surface area (Å²) in [6, 6.07) is 7.14. The number of hydrogen-bond donors (Lipinski definition) is 0. The lowest BCUT2D eigenvalue weighted by Gasteiger charge is -2.15. The van der Waals surface area contributed by atoms with Gasteiger partial charge in [0.05, 0.1) is 12.1 Å². The third-order valence-electron chi connectivity index (χ3n) is 3.05. The molecular weight excluding hydrogens is 268 g/mol. The molecule has 1 aromatic carbocycles. The molecule has 0 amide bonds. The fraction of sp³-hybridized carbons (Fsp3) is 0.533. The first-order valence-corrected chi connectivity index (χ1v) is 10.9. The van der Waals surface area contributed by atoms with Gasteiger partial charge in [-0.2, -0.15) is 5.10 Å². The average molecular weight is 292 g/mol. The maximum absolute atomic E-state index is 5.71. The van der Waals surface area contributed by atoms with Crippen LogP contribution in [-0.4, -0.2) is 31.1 Å². The lowest BCUT2D eigenvalue weighted by molar-refractivity contribution is 0.0791. The molecule has 2 rings (SSSR count). The van der Waals surface area contributed by atoms with Crippen LogP contribution in [0.2, 0.25) is 25.7 Å². The first-order valence-electron chi connectivity index (χ1n) is 7.16. The second-order valence-corrected chi connectivity index (χ2v) is 11.8. The molecule has 20 heavy (non-hydrogen) atoms. The van der Waals surface area contributed by atoms with E-state index in [1.54, 1.807) is 0 Å². The summed E-state index contributed by atoms with van der Waals surface area (Å²) >= 11 is 0. The van der Waals surface area contributed by atoms with Crippen LogP contribution in [0.5, 0.6) is 5.75 Å². The van der Waals surface area contributed by atoms with E-state index in [2.05, 4.69) is 24.7 Å². The van der Waals surface area contributed by atoms with Crippen molar-refractivity contribution in [2.24, 2.45) is 0 Å². The van der Waals surface area contributed by atoms with Gasteiger partial charge in [-0.3, -0.25) is 0 Å². The maximum Gasteiger partial charge on any atom is 0.139 e. The molecule has 110 valence electrons. The van der Waals surface area contributed by atoms with E-state index in [9.17, 15) is 0 Å². The van der Waals surface area contributed by atoms with E-state index in [0.29, 0.717) is 13.3 Å². The highest BCUT2D eigenvalue weighted by Crippen LogP contribution is 2.19. The number of nitrogens with zero attached hydrogens (tertiary/aromatic N) is 2. The minimum absolute atomic E-state index is 0.517. The van der Waals surface area contributed by atoms with Gasteiger partial charge in [-0.15, -0.1) is 0 Å². The second kappa shape index (κ2) is 6.41. The topological polar surface area (TPSA) is 36.3 Å². The van der Waals surface area contributed by atoms with Crippen LogP contribution in [0.3, 0.4) is 0 Å². The van der Waals surface area contributed by atoms with Crippen LogP contribution in [0.15, 0.2) is 24.4 Å². The smallest absolute Gasteiger partial charge is 0.139 e. The first kappa shape index (κ1) is 15.1. The summed E-state index contributed by atoms with van der Waals surface area (Å²) in [6.07, 6.45) is 2.01. The van der Waals surface area contributed by atoms with E-state index in [1.165, 1.54) is 6.04 Å². The molecule has 0 fully saturated rings. The normalized spacial score (nSPS) is 12.0. The maximum atomic E-state index is 5.71. The highest BCUT2D eigenvalue weighted by atomic mass is 28.3. The van der Waals surface area contributed by atoms with Gasteiger partial charge >= 0.3 is 0 Å². The Balaban J connectivity index is 1.94. The summed E-state index contributed by atoms with van der Waals surface area (Å²) in [7, 11) is -1.02. The van der Waals surface area contributed by atoms with Crippen molar-refractivity contribution < 1.29 is 9.47 Å². The van der Waals surface area contributed by atoms with Gasteiger partial charge in [0.25, 0.3) is 0 Å². The average Bonchev–Trinajstić information content (AvgIpc) is 2.76. The molecule has 0 atom stereocenters. The molecule has 0 saturated carbocycles. The van der Waals surface area contributed by atoms with Gasteiger partial charge in [-0.1, -0.05) is 19.6 Å². The monoisotopic (exact) mass is 292 g/mol. The Labute approximate surface area is 121 Å². The molecule has 0 aliphatic carbocycles. The Kier molecular flexibility index (Phi) is 4.83. The quantitative estimate of drug-likeness (QED) is 0.576. The van der Waals surface area contributed by atoms with E-state index >= 15 is 0 Å². The van der Waals surface area contributed by atoms with Crippen molar-refractivity contribution in [3.8, 4) is 5.75 Å². The zero-order chi connectivity index (χ0) is 14.6. The fourth-order valence-corrected chi connectivity index (χ4v) is 2.67. The van der Waals surface area contributed by atoms with Crippen molar-refractivity contribution >= 4 is 19.0 Å². The van der Waals surface area contributed by atoms with Crippen molar-refractivity contribution in [1.29, 1.82) is 0 Å². The van der Waals surface area contributed by atoms with E-state index < -0.39 is 8.07 Å². The van der Waals surface area contributed by atoms with Gasteiger partial charge in [-0.05, 0) is 31.2 Å². The van der Waals surface area contributed by atoms with Crippen molar-refractivity contribution in [3.05, 3.63) is 24.4 Å². The predicted octanol–water partition coefficient (Wildman–Crippen LogP) is 3.75. The Morgan fingerprint density at radius 2 is 2.05 bits per heavy atom. The SMILES string of the molecule is CCOc1ccc2nn(COCC[Si](C)(C)C)cc2c1. The minimum Gasteiger partial charge on any atom is -0.494 e. The van der Waals surface area contributed by atoms with Crippen LogP contribution in [0, 0.1) is 0 Å². The zero-order valence-corrected chi connectivity index (χ0v) is 13.8. The first-order chi connectivity index (χ1) is 9.48. The van der Waals surface area contributed by atoms with Gasteiger partial charge in [-0.25, -0.2) is 4.68 Å². The second-order valence-electron chi connectivity index (χ2n) is 6.17. The molecule has 4 nitrogen and oxygen atoms in total. The standard InChI is InChI=1S/C15H24N2O2Si/c1-5-19-14-6-7-15-13(10-14)11-17(16-15)12-18-8-9-20(2,3)4/h6-7,10-11H,5,8-9,12H2,1-4H3. The van der Waals surface area contributed by atoms with Crippen LogP contribution in [0.25, 0.3) is 10.9 Å². The molecule has 0 aliphatic rings. The molecule has 0 saturated heterocycles. The molecule has 1 aromatic heterocycles. The van der Waals surface area contributed by atoms with Crippen molar-refractivity contribution in [1.82, 2.24) is 9.78 Å². The summed E-state index contributed by atoms with van der Waals surface area (Å²) in [4.78, 5) is 0. The molecule has 0 N–H and O–H groups in total. The third kappa shape index (κ3) is 4.35. The molecular formula is C15H24N2O2Si. The third-order valence-corrected chi connectivity index (χ3v) is 4.76. The molecule has 0 radical (unpaired) electrons. The van der Waals surface area contributed by atoms with Gasteiger partial charge in [0.2, 0.25) is 0 Å². The van der Waals surface area contributed by atoms with Gasteiger partial charge in [0.15, 0.2) is 0 Å². The molecule has 1 heterocycles. The van der Waals surface area contributed by atoms with Crippen molar-refractivity contribution in [2.45, 2.75) is 39.3 Å². The molecule has 2 aromatic rings. The summed E-state index contributed by atoms with van der Waals surface area (Å²) in [5.41, 5.74) is 0.974. The largest absolute Gasteiger partial charge is 0.494 e. The highest BCUT2D eigenvalue weighted by molar-refractivity contribution is 6.76. The van der Waals surface area contributed by atoms with E-state index in [0.717, 1.165) is 23.3 Å². The summed E-state index contributed by atoms with van der Waals surface area (Å²) in [5.74, 6) is 0.888. The van der Waals surface area contributed by atoms with Crippen LogP contribution in [-0.2, 0) is 11.5 Å². The number of ether oxygens (including phenoxy) is 2. The summed E-state index contributed by atoms with van der Waals surface area (Å²) in [5, 5.41) is 5.58.